The molecule has 1 fully saturated rings. The van der Waals surface area contributed by atoms with Crippen molar-refractivity contribution in [3.63, 3.8) is 0 Å². The zero-order valence-electron chi connectivity index (χ0n) is 15.5. The van der Waals surface area contributed by atoms with Crippen molar-refractivity contribution in [2.75, 3.05) is 27.6 Å². The highest BCUT2D eigenvalue weighted by atomic mass is 16.7. The van der Waals surface area contributed by atoms with Gasteiger partial charge >= 0.3 is 0 Å². The number of hydrogen-bond acceptors (Lipinski definition) is 5. The molecule has 0 radical (unpaired) electrons. The third-order valence-corrected chi connectivity index (χ3v) is 4.83. The van der Waals surface area contributed by atoms with E-state index in [1.165, 1.54) is 0 Å². The summed E-state index contributed by atoms with van der Waals surface area (Å²) in [5, 5.41) is 0. The van der Waals surface area contributed by atoms with Crippen LogP contribution in [0, 0.1) is 17.8 Å². The molecule has 0 unspecified atom stereocenters. The van der Waals surface area contributed by atoms with Crippen LogP contribution in [0.5, 0.6) is 5.75 Å². The van der Waals surface area contributed by atoms with Crippen molar-refractivity contribution in [3.05, 3.63) is 42.0 Å². The lowest BCUT2D eigenvalue weighted by atomic mass is 9.86. The van der Waals surface area contributed by atoms with Gasteiger partial charge in [-0.3, -0.25) is 4.79 Å². The molecule has 0 heterocycles. The summed E-state index contributed by atoms with van der Waals surface area (Å²) in [6, 6.07) is 7.77. The number of ether oxygens (including phenoxy) is 4. The van der Waals surface area contributed by atoms with Gasteiger partial charge in [0, 0.05) is 24.9 Å². The van der Waals surface area contributed by atoms with Crippen LogP contribution < -0.4 is 4.74 Å². The zero-order chi connectivity index (χ0) is 18.4. The predicted molar refractivity (Wildman–Crippen MR) is 95.4 cm³/mol. The molecule has 0 bridgehead atoms. The summed E-state index contributed by atoms with van der Waals surface area (Å²) < 4.78 is 21.7. The minimum Gasteiger partial charge on any atom is -0.497 e. The fourth-order valence-corrected chi connectivity index (χ4v) is 3.42. The molecule has 0 spiro atoms. The number of hydrogen-bond donors (Lipinski definition) is 0. The van der Waals surface area contributed by atoms with E-state index in [0.29, 0.717) is 13.2 Å². The molecule has 5 heteroatoms. The van der Waals surface area contributed by atoms with Gasteiger partial charge in [-0.25, -0.2) is 0 Å². The van der Waals surface area contributed by atoms with E-state index < -0.39 is 6.10 Å². The molecule has 2 rings (SSSR count). The Hall–Kier alpha value is -1.69. The van der Waals surface area contributed by atoms with Crippen LogP contribution in [-0.2, 0) is 25.6 Å². The van der Waals surface area contributed by atoms with Gasteiger partial charge in [0.15, 0.2) is 5.78 Å². The number of benzene rings is 1. The topological polar surface area (TPSA) is 54.0 Å². The SMILES string of the molecule is C=C(C)[C@@H]1[C@H](COCc2ccc(OC)cc2)[C@@H](C)C(=O)[C@H]1OCOC. The van der Waals surface area contributed by atoms with Gasteiger partial charge in [-0.05, 0) is 24.6 Å². The van der Waals surface area contributed by atoms with Crippen molar-refractivity contribution in [1.29, 1.82) is 0 Å². The third kappa shape index (κ3) is 4.69. The Morgan fingerprint density at radius 2 is 1.88 bits per heavy atom. The van der Waals surface area contributed by atoms with Crippen molar-refractivity contribution in [2.24, 2.45) is 17.8 Å². The average molecular weight is 348 g/mol. The Morgan fingerprint density at radius 1 is 1.20 bits per heavy atom. The maximum Gasteiger partial charge on any atom is 0.165 e. The van der Waals surface area contributed by atoms with Crippen LogP contribution in [0.3, 0.4) is 0 Å². The number of ketones is 1. The van der Waals surface area contributed by atoms with Crippen molar-refractivity contribution in [3.8, 4) is 5.75 Å². The van der Waals surface area contributed by atoms with Gasteiger partial charge in [-0.15, -0.1) is 0 Å². The van der Waals surface area contributed by atoms with Crippen molar-refractivity contribution >= 4 is 5.78 Å². The second kappa shape index (κ2) is 9.13. The number of methoxy groups -OCH3 is 2. The molecular formula is C20H28O5. The van der Waals surface area contributed by atoms with Crippen LogP contribution in [0.15, 0.2) is 36.4 Å². The Labute approximate surface area is 149 Å². The molecule has 5 nitrogen and oxygen atoms in total. The van der Waals surface area contributed by atoms with Gasteiger partial charge in [0.2, 0.25) is 0 Å². The van der Waals surface area contributed by atoms with E-state index >= 15 is 0 Å². The van der Waals surface area contributed by atoms with E-state index in [-0.39, 0.29) is 30.3 Å². The van der Waals surface area contributed by atoms with Crippen LogP contribution in [0.2, 0.25) is 0 Å². The minimum absolute atomic E-state index is 0.0477. The first-order chi connectivity index (χ1) is 12.0. The highest BCUT2D eigenvalue weighted by Crippen LogP contribution is 2.40. The Bertz CT molecular complexity index is 580. The molecule has 0 aliphatic heterocycles. The average Bonchev–Trinajstić information content (AvgIpc) is 2.85. The van der Waals surface area contributed by atoms with Crippen LogP contribution in [0.25, 0.3) is 0 Å². The zero-order valence-corrected chi connectivity index (χ0v) is 15.5. The quantitative estimate of drug-likeness (QED) is 0.507. The number of carbonyl (C=O) groups is 1. The second-order valence-electron chi connectivity index (χ2n) is 6.58. The predicted octanol–water partition coefficient (Wildman–Crippen LogP) is 3.23. The fourth-order valence-electron chi connectivity index (χ4n) is 3.42. The third-order valence-electron chi connectivity index (χ3n) is 4.83. The van der Waals surface area contributed by atoms with Crippen molar-refractivity contribution in [2.45, 2.75) is 26.6 Å². The Balaban J connectivity index is 1.98. The van der Waals surface area contributed by atoms with Crippen molar-refractivity contribution in [1.82, 2.24) is 0 Å². The smallest absolute Gasteiger partial charge is 0.165 e. The van der Waals surface area contributed by atoms with Gasteiger partial charge < -0.3 is 18.9 Å². The van der Waals surface area contributed by atoms with Crippen LogP contribution in [-0.4, -0.2) is 39.5 Å². The maximum absolute atomic E-state index is 12.5. The van der Waals surface area contributed by atoms with Gasteiger partial charge in [0.05, 0.1) is 20.3 Å². The van der Waals surface area contributed by atoms with Gasteiger partial charge in [0.1, 0.15) is 18.6 Å². The molecule has 1 aliphatic rings. The Morgan fingerprint density at radius 3 is 2.44 bits per heavy atom. The number of carbonyl (C=O) groups excluding carboxylic acids is 1. The maximum atomic E-state index is 12.5. The van der Waals surface area contributed by atoms with Crippen LogP contribution in [0.1, 0.15) is 19.4 Å². The van der Waals surface area contributed by atoms with Gasteiger partial charge in [0.25, 0.3) is 0 Å². The molecule has 0 aromatic heterocycles. The highest BCUT2D eigenvalue weighted by Gasteiger charge is 2.48. The summed E-state index contributed by atoms with van der Waals surface area (Å²) >= 11 is 0. The normalized spacial score (nSPS) is 26.0. The standard InChI is InChI=1S/C20H28O5/c1-13(2)18-17(14(3)19(21)20(18)25-12-22-4)11-24-10-15-6-8-16(23-5)9-7-15/h6-9,14,17-18,20H,1,10-12H2,2-5H3/t14-,17-,18-,20+/m1/s1. The number of rotatable bonds is 9. The van der Waals surface area contributed by atoms with E-state index in [0.717, 1.165) is 16.9 Å². The van der Waals surface area contributed by atoms with Gasteiger partial charge in [-0.2, -0.15) is 0 Å². The lowest BCUT2D eigenvalue weighted by Gasteiger charge is -2.25. The molecule has 138 valence electrons. The first-order valence-corrected chi connectivity index (χ1v) is 8.50. The first kappa shape index (κ1) is 19.6. The molecule has 1 aromatic rings. The van der Waals surface area contributed by atoms with E-state index in [9.17, 15) is 4.79 Å². The van der Waals surface area contributed by atoms with Crippen LogP contribution in [0.4, 0.5) is 0 Å². The van der Waals surface area contributed by atoms with Crippen molar-refractivity contribution < 1.29 is 23.7 Å². The molecule has 0 amide bonds. The summed E-state index contributed by atoms with van der Waals surface area (Å²) in [6.07, 6.45) is -0.498. The summed E-state index contributed by atoms with van der Waals surface area (Å²) in [7, 11) is 3.19. The Kier molecular flexibility index (Phi) is 7.17. The molecule has 0 saturated heterocycles. The monoisotopic (exact) mass is 348 g/mol. The van der Waals surface area contributed by atoms with E-state index in [1.807, 2.05) is 38.1 Å². The lowest BCUT2D eigenvalue weighted by molar-refractivity contribution is -0.140. The fraction of sp³-hybridized carbons (Fsp3) is 0.550. The second-order valence-corrected chi connectivity index (χ2v) is 6.58. The molecule has 1 aromatic carbocycles. The van der Waals surface area contributed by atoms with E-state index in [4.69, 9.17) is 18.9 Å². The number of Topliss-reactive ketones (excluding diaryl/α,β-unsaturated/α-hetero) is 1. The highest BCUT2D eigenvalue weighted by molar-refractivity contribution is 5.88. The summed E-state index contributed by atoms with van der Waals surface area (Å²) in [4.78, 5) is 12.5. The lowest BCUT2D eigenvalue weighted by Crippen LogP contribution is -2.29. The molecule has 25 heavy (non-hydrogen) atoms. The van der Waals surface area contributed by atoms with E-state index in [1.54, 1.807) is 14.2 Å². The summed E-state index contributed by atoms with van der Waals surface area (Å²) in [5.41, 5.74) is 2.01. The molecule has 4 atom stereocenters. The minimum atomic E-state index is -0.498. The largest absolute Gasteiger partial charge is 0.497 e. The summed E-state index contributed by atoms with van der Waals surface area (Å²) in [6.45, 7) is 9.02. The molecule has 1 aliphatic carbocycles. The molecular weight excluding hydrogens is 320 g/mol. The molecule has 1 saturated carbocycles. The van der Waals surface area contributed by atoms with Crippen LogP contribution >= 0.6 is 0 Å². The first-order valence-electron chi connectivity index (χ1n) is 8.50. The van der Waals surface area contributed by atoms with E-state index in [2.05, 4.69) is 6.58 Å². The summed E-state index contributed by atoms with van der Waals surface area (Å²) in [5.74, 6) is 0.806. The molecule has 0 N–H and O–H groups in total. The van der Waals surface area contributed by atoms with Gasteiger partial charge in [-0.1, -0.05) is 31.2 Å².